The van der Waals surface area contributed by atoms with Crippen LogP contribution < -0.4 is 4.74 Å². The zero-order valence-corrected chi connectivity index (χ0v) is 13.8. The zero-order chi connectivity index (χ0) is 17.1. The van der Waals surface area contributed by atoms with Crippen LogP contribution in [0.2, 0.25) is 0 Å². The van der Waals surface area contributed by atoms with E-state index < -0.39 is 0 Å². The summed E-state index contributed by atoms with van der Waals surface area (Å²) in [5, 5.41) is 14.0. The lowest BCUT2D eigenvalue weighted by Crippen LogP contribution is -2.04. The van der Waals surface area contributed by atoms with E-state index >= 15 is 0 Å². The third-order valence-electron chi connectivity index (χ3n) is 4.04. The number of benzene rings is 2. The van der Waals surface area contributed by atoms with Gasteiger partial charge in [0.05, 0.1) is 12.1 Å². The molecule has 0 aliphatic rings. The third-order valence-corrected chi connectivity index (χ3v) is 4.04. The predicted octanol–water partition coefficient (Wildman–Crippen LogP) is 4.83. The number of nitroso groups, excluding NO2 is 1. The highest BCUT2D eigenvalue weighted by Crippen LogP contribution is 2.38. The van der Waals surface area contributed by atoms with Crippen LogP contribution in [0.1, 0.15) is 17.5 Å². The summed E-state index contributed by atoms with van der Waals surface area (Å²) in [6.45, 7) is 5.04. The molecule has 2 aromatic carbocycles. The van der Waals surface area contributed by atoms with E-state index in [9.17, 15) is 10.0 Å². The van der Waals surface area contributed by atoms with Gasteiger partial charge in [-0.1, -0.05) is 23.8 Å². The number of nitrogens with zero attached hydrogens (tertiary/aromatic N) is 2. The average Bonchev–Trinajstić information content (AvgIpc) is 2.82. The predicted molar refractivity (Wildman–Crippen MR) is 95.1 cm³/mol. The molecule has 0 bridgehead atoms. The average molecular weight is 324 g/mol. The summed E-state index contributed by atoms with van der Waals surface area (Å²) < 4.78 is 7.45. The summed E-state index contributed by atoms with van der Waals surface area (Å²) in [6, 6.07) is 13.6. The van der Waals surface area contributed by atoms with Crippen LogP contribution in [-0.2, 0) is 6.54 Å². The molecule has 1 N–H and O–H groups in total. The molecular formula is C19H20N2O3. The van der Waals surface area contributed by atoms with Gasteiger partial charge in [-0.3, -0.25) is 0 Å². The quantitative estimate of drug-likeness (QED) is 0.521. The summed E-state index contributed by atoms with van der Waals surface area (Å²) in [5.74, 6) is 0.753. The van der Waals surface area contributed by atoms with E-state index in [4.69, 9.17) is 4.74 Å². The SMILES string of the molecule is Cc1cccc(OCCCn2c(O)c(N=O)c3cc(C)ccc32)c1. The maximum atomic E-state index is 11.1. The Morgan fingerprint density at radius 1 is 1.12 bits per heavy atom. The first kappa shape index (κ1) is 16.1. The lowest BCUT2D eigenvalue weighted by molar-refractivity contribution is 0.298. The van der Waals surface area contributed by atoms with Gasteiger partial charge in [0, 0.05) is 11.9 Å². The van der Waals surface area contributed by atoms with E-state index in [1.807, 2.05) is 56.3 Å². The summed E-state index contributed by atoms with van der Waals surface area (Å²) >= 11 is 0. The molecule has 124 valence electrons. The molecule has 1 heterocycles. The number of aromatic hydroxyl groups is 1. The van der Waals surface area contributed by atoms with Crippen LogP contribution in [0.25, 0.3) is 10.9 Å². The molecule has 0 aliphatic carbocycles. The van der Waals surface area contributed by atoms with Gasteiger partial charge in [-0.15, -0.1) is 4.91 Å². The molecule has 1 aromatic heterocycles. The van der Waals surface area contributed by atoms with E-state index in [1.54, 1.807) is 4.57 Å². The molecule has 5 nitrogen and oxygen atoms in total. The Bertz CT molecular complexity index is 884. The van der Waals surface area contributed by atoms with Crippen molar-refractivity contribution in [3.8, 4) is 11.6 Å². The second-order valence-electron chi connectivity index (χ2n) is 5.95. The maximum absolute atomic E-state index is 11.1. The first-order valence-corrected chi connectivity index (χ1v) is 7.95. The number of rotatable bonds is 6. The fraction of sp³-hybridized carbons (Fsp3) is 0.263. The zero-order valence-electron chi connectivity index (χ0n) is 13.8. The fourth-order valence-corrected chi connectivity index (χ4v) is 2.87. The number of hydrogen-bond acceptors (Lipinski definition) is 4. The van der Waals surface area contributed by atoms with Gasteiger partial charge >= 0.3 is 0 Å². The highest BCUT2D eigenvalue weighted by molar-refractivity contribution is 5.95. The second kappa shape index (κ2) is 6.74. The smallest absolute Gasteiger partial charge is 0.222 e. The largest absolute Gasteiger partial charge is 0.494 e. The van der Waals surface area contributed by atoms with Crippen LogP contribution in [0, 0.1) is 18.8 Å². The molecule has 0 atom stereocenters. The van der Waals surface area contributed by atoms with Gasteiger partial charge in [0.1, 0.15) is 5.75 Å². The highest BCUT2D eigenvalue weighted by atomic mass is 16.5. The molecule has 0 spiro atoms. The van der Waals surface area contributed by atoms with Crippen molar-refractivity contribution in [3.05, 3.63) is 58.5 Å². The van der Waals surface area contributed by atoms with Crippen molar-refractivity contribution in [1.29, 1.82) is 0 Å². The van der Waals surface area contributed by atoms with E-state index in [-0.39, 0.29) is 11.6 Å². The van der Waals surface area contributed by atoms with E-state index in [1.165, 1.54) is 0 Å². The number of hydrogen-bond donors (Lipinski definition) is 1. The van der Waals surface area contributed by atoms with Gasteiger partial charge in [-0.2, -0.15) is 0 Å². The van der Waals surface area contributed by atoms with Crippen molar-refractivity contribution in [3.63, 3.8) is 0 Å². The number of ether oxygens (including phenoxy) is 1. The summed E-state index contributed by atoms with van der Waals surface area (Å²) in [7, 11) is 0. The Hall–Kier alpha value is -2.82. The van der Waals surface area contributed by atoms with E-state index in [0.29, 0.717) is 25.0 Å². The van der Waals surface area contributed by atoms with Crippen molar-refractivity contribution in [1.82, 2.24) is 4.57 Å². The van der Waals surface area contributed by atoms with Gasteiger partial charge < -0.3 is 14.4 Å². The summed E-state index contributed by atoms with van der Waals surface area (Å²) in [5.41, 5.74) is 3.09. The van der Waals surface area contributed by atoms with Crippen molar-refractivity contribution in [2.45, 2.75) is 26.8 Å². The Kier molecular flexibility index (Phi) is 4.51. The van der Waals surface area contributed by atoms with Crippen LogP contribution in [0.5, 0.6) is 11.6 Å². The number of aromatic nitrogens is 1. The number of aryl methyl sites for hydroxylation is 3. The van der Waals surface area contributed by atoms with Crippen molar-refractivity contribution >= 4 is 16.6 Å². The minimum absolute atomic E-state index is 0.0823. The lowest BCUT2D eigenvalue weighted by Gasteiger charge is -2.09. The summed E-state index contributed by atoms with van der Waals surface area (Å²) in [4.78, 5) is 11.1. The Morgan fingerprint density at radius 3 is 2.67 bits per heavy atom. The lowest BCUT2D eigenvalue weighted by atomic mass is 10.1. The van der Waals surface area contributed by atoms with E-state index in [0.717, 1.165) is 22.4 Å². The molecular weight excluding hydrogens is 304 g/mol. The van der Waals surface area contributed by atoms with Crippen LogP contribution in [0.4, 0.5) is 5.69 Å². The molecule has 0 radical (unpaired) electrons. The molecule has 0 saturated heterocycles. The topological polar surface area (TPSA) is 63.8 Å². The molecule has 24 heavy (non-hydrogen) atoms. The van der Waals surface area contributed by atoms with Crippen LogP contribution in [-0.4, -0.2) is 16.3 Å². The fourth-order valence-electron chi connectivity index (χ4n) is 2.87. The third kappa shape index (κ3) is 3.11. The van der Waals surface area contributed by atoms with Gasteiger partial charge in [0.2, 0.25) is 5.88 Å². The minimum atomic E-state index is -0.0823. The molecule has 0 amide bonds. The van der Waals surface area contributed by atoms with Gasteiger partial charge in [0.25, 0.3) is 0 Å². The number of fused-ring (bicyclic) bond motifs is 1. The molecule has 0 fully saturated rings. The maximum Gasteiger partial charge on any atom is 0.222 e. The van der Waals surface area contributed by atoms with Gasteiger partial charge in [0.15, 0.2) is 5.69 Å². The molecule has 3 aromatic rings. The normalized spacial score (nSPS) is 10.9. The Labute approximate surface area is 140 Å². The minimum Gasteiger partial charge on any atom is -0.494 e. The second-order valence-corrected chi connectivity index (χ2v) is 5.95. The van der Waals surface area contributed by atoms with Crippen molar-refractivity contribution in [2.75, 3.05) is 6.61 Å². The van der Waals surface area contributed by atoms with E-state index in [2.05, 4.69) is 5.18 Å². The first-order chi connectivity index (χ1) is 11.6. The Balaban J connectivity index is 1.73. The molecule has 0 unspecified atom stereocenters. The van der Waals surface area contributed by atoms with Crippen molar-refractivity contribution < 1.29 is 9.84 Å². The van der Waals surface area contributed by atoms with Crippen LogP contribution in [0.3, 0.4) is 0 Å². The van der Waals surface area contributed by atoms with Crippen LogP contribution in [0.15, 0.2) is 47.6 Å². The van der Waals surface area contributed by atoms with Gasteiger partial charge in [-0.05, 0) is 55.3 Å². The first-order valence-electron chi connectivity index (χ1n) is 7.95. The molecule has 5 heteroatoms. The molecule has 0 aliphatic heterocycles. The molecule has 3 rings (SSSR count). The van der Waals surface area contributed by atoms with Crippen molar-refractivity contribution in [2.24, 2.45) is 5.18 Å². The molecule has 0 saturated carbocycles. The monoisotopic (exact) mass is 324 g/mol. The summed E-state index contributed by atoms with van der Waals surface area (Å²) in [6.07, 6.45) is 0.706. The Morgan fingerprint density at radius 2 is 1.92 bits per heavy atom. The van der Waals surface area contributed by atoms with Crippen LogP contribution >= 0.6 is 0 Å². The van der Waals surface area contributed by atoms with Gasteiger partial charge in [-0.25, -0.2) is 0 Å². The standard InChI is InChI=1S/C19H20N2O3/c1-13-5-3-6-15(11-13)24-10-4-9-21-17-8-7-14(2)12-16(17)18(20-23)19(21)22/h3,5-8,11-12,22H,4,9-10H2,1-2H3. The highest BCUT2D eigenvalue weighted by Gasteiger charge is 2.17.